The van der Waals surface area contributed by atoms with Crippen molar-refractivity contribution < 1.29 is 18.8 Å². The van der Waals surface area contributed by atoms with Gasteiger partial charge in [0, 0.05) is 17.8 Å². The molecule has 2 heterocycles. The van der Waals surface area contributed by atoms with E-state index < -0.39 is 17.6 Å². The predicted octanol–water partition coefficient (Wildman–Crippen LogP) is 3.79. The van der Waals surface area contributed by atoms with Crippen LogP contribution in [0.4, 0.5) is 15.8 Å². The molecule has 158 valence electrons. The Morgan fingerprint density at radius 3 is 2.48 bits per heavy atom. The molecule has 0 aromatic heterocycles. The topological polar surface area (TPSA) is 69.7 Å². The van der Waals surface area contributed by atoms with E-state index in [0.29, 0.717) is 27.8 Å². The van der Waals surface area contributed by atoms with E-state index in [1.165, 1.54) is 34.1 Å². The number of amides is 3. The van der Waals surface area contributed by atoms with Gasteiger partial charge in [0.15, 0.2) is 0 Å². The van der Waals surface area contributed by atoms with Gasteiger partial charge in [-0.2, -0.15) is 0 Å². The number of rotatable bonds is 5. The molecular formula is C22H18FN3O3S2. The van der Waals surface area contributed by atoms with Crippen LogP contribution in [0.25, 0.3) is 5.57 Å². The second-order valence-electron chi connectivity index (χ2n) is 6.99. The molecule has 0 atom stereocenters. The summed E-state index contributed by atoms with van der Waals surface area (Å²) >= 11 is 6.45. The highest BCUT2D eigenvalue weighted by Crippen LogP contribution is 2.44. The highest BCUT2D eigenvalue weighted by atomic mass is 32.2. The fourth-order valence-electron chi connectivity index (χ4n) is 3.50. The summed E-state index contributed by atoms with van der Waals surface area (Å²) in [5.41, 5.74) is 1.84. The van der Waals surface area contributed by atoms with Crippen molar-refractivity contribution in [1.29, 1.82) is 0 Å². The van der Waals surface area contributed by atoms with Gasteiger partial charge in [0.05, 0.1) is 16.2 Å². The number of thioether (sulfide) groups is 1. The molecule has 0 aliphatic carbocycles. The van der Waals surface area contributed by atoms with Crippen LogP contribution in [-0.4, -0.2) is 40.0 Å². The number of hydrogen-bond donors (Lipinski definition) is 1. The Balaban J connectivity index is 1.64. The molecule has 0 saturated carbocycles. The zero-order valence-corrected chi connectivity index (χ0v) is 18.2. The second kappa shape index (κ2) is 8.60. The summed E-state index contributed by atoms with van der Waals surface area (Å²) in [6.07, 6.45) is 0.745. The Labute approximate surface area is 188 Å². The largest absolute Gasteiger partial charge is 0.325 e. The summed E-state index contributed by atoms with van der Waals surface area (Å²) < 4.78 is 13.5. The average Bonchev–Trinajstić information content (AvgIpc) is 3.18. The number of fused-ring (bicyclic) bond motifs is 1. The van der Waals surface area contributed by atoms with Crippen LogP contribution in [0.3, 0.4) is 0 Å². The number of nitrogens with zero attached hydrogens (tertiary/aromatic N) is 2. The van der Waals surface area contributed by atoms with E-state index >= 15 is 0 Å². The lowest BCUT2D eigenvalue weighted by atomic mass is 10.1. The number of hydrogen-bond acceptors (Lipinski definition) is 5. The van der Waals surface area contributed by atoms with Gasteiger partial charge in [0.2, 0.25) is 5.91 Å². The number of anilines is 2. The third kappa shape index (κ3) is 3.98. The number of para-hydroxylation sites is 1. The van der Waals surface area contributed by atoms with E-state index in [2.05, 4.69) is 5.32 Å². The molecule has 0 radical (unpaired) electrons. The molecule has 2 aromatic carbocycles. The molecule has 1 fully saturated rings. The molecule has 9 heteroatoms. The predicted molar refractivity (Wildman–Crippen MR) is 123 cm³/mol. The Hall–Kier alpha value is -3.04. The SMILES string of the molecule is CCCN1C(=O)C(=C2C(=O)N(CC(=O)Nc3ccc(F)cc3)c3ccccc32)SC1=S. The maximum absolute atomic E-state index is 13.3. The molecule has 31 heavy (non-hydrogen) atoms. The summed E-state index contributed by atoms with van der Waals surface area (Å²) in [5, 5.41) is 2.65. The lowest BCUT2D eigenvalue weighted by Gasteiger charge is -2.16. The molecule has 2 aliphatic heterocycles. The van der Waals surface area contributed by atoms with Crippen LogP contribution in [0.5, 0.6) is 0 Å². The summed E-state index contributed by atoms with van der Waals surface area (Å²) in [6.45, 7) is 2.19. The van der Waals surface area contributed by atoms with Gasteiger partial charge in [0.25, 0.3) is 11.8 Å². The summed E-state index contributed by atoms with van der Waals surface area (Å²) in [6, 6.07) is 12.4. The second-order valence-corrected chi connectivity index (χ2v) is 8.64. The van der Waals surface area contributed by atoms with E-state index in [4.69, 9.17) is 12.2 Å². The van der Waals surface area contributed by atoms with Crippen molar-refractivity contribution in [3.8, 4) is 0 Å². The van der Waals surface area contributed by atoms with Crippen molar-refractivity contribution >= 4 is 63.0 Å². The van der Waals surface area contributed by atoms with Crippen LogP contribution in [0, 0.1) is 5.82 Å². The lowest BCUT2D eigenvalue weighted by molar-refractivity contribution is -0.122. The Kier molecular flexibility index (Phi) is 5.88. The Morgan fingerprint density at radius 2 is 1.77 bits per heavy atom. The molecule has 0 unspecified atom stereocenters. The molecule has 6 nitrogen and oxygen atoms in total. The van der Waals surface area contributed by atoms with Crippen molar-refractivity contribution in [2.24, 2.45) is 0 Å². The van der Waals surface area contributed by atoms with E-state index in [1.54, 1.807) is 24.3 Å². The first-order valence-electron chi connectivity index (χ1n) is 9.65. The number of carbonyl (C=O) groups is 3. The maximum Gasteiger partial charge on any atom is 0.267 e. The van der Waals surface area contributed by atoms with Crippen LogP contribution in [0.15, 0.2) is 53.4 Å². The van der Waals surface area contributed by atoms with Crippen LogP contribution in [0.2, 0.25) is 0 Å². The third-order valence-corrected chi connectivity index (χ3v) is 6.32. The lowest BCUT2D eigenvalue weighted by Crippen LogP contribution is -2.35. The van der Waals surface area contributed by atoms with Crippen molar-refractivity contribution in [2.75, 3.05) is 23.3 Å². The van der Waals surface area contributed by atoms with Crippen LogP contribution >= 0.6 is 24.0 Å². The first kappa shape index (κ1) is 21.2. The molecule has 4 rings (SSSR count). The minimum atomic E-state index is -0.436. The monoisotopic (exact) mass is 455 g/mol. The highest BCUT2D eigenvalue weighted by molar-refractivity contribution is 8.26. The quantitative estimate of drug-likeness (QED) is 0.549. The first-order valence-corrected chi connectivity index (χ1v) is 10.9. The maximum atomic E-state index is 13.3. The van der Waals surface area contributed by atoms with Crippen molar-refractivity contribution in [2.45, 2.75) is 13.3 Å². The summed E-state index contributed by atoms with van der Waals surface area (Å²) in [5.74, 6) is -1.55. The summed E-state index contributed by atoms with van der Waals surface area (Å²) in [4.78, 5) is 41.9. The third-order valence-electron chi connectivity index (χ3n) is 4.88. The fourth-order valence-corrected chi connectivity index (χ4v) is 4.88. The highest BCUT2D eigenvalue weighted by Gasteiger charge is 2.42. The average molecular weight is 456 g/mol. The normalized spacial score (nSPS) is 18.1. The minimum Gasteiger partial charge on any atom is -0.325 e. The molecule has 1 N–H and O–H groups in total. The zero-order chi connectivity index (χ0) is 22.1. The van der Waals surface area contributed by atoms with Gasteiger partial charge in [-0.3, -0.25) is 24.2 Å². The van der Waals surface area contributed by atoms with Crippen LogP contribution in [-0.2, 0) is 14.4 Å². The standard InChI is InChI=1S/C22H18FN3O3S2/c1-2-11-25-21(29)19(31-22(25)30)18-15-5-3-4-6-16(15)26(20(18)28)12-17(27)24-14-9-7-13(23)8-10-14/h3-10H,2,11-12H2,1H3,(H,24,27). The van der Waals surface area contributed by atoms with Gasteiger partial charge in [-0.15, -0.1) is 0 Å². The van der Waals surface area contributed by atoms with Gasteiger partial charge in [-0.25, -0.2) is 4.39 Å². The van der Waals surface area contributed by atoms with Gasteiger partial charge in [-0.05, 0) is 36.8 Å². The summed E-state index contributed by atoms with van der Waals surface area (Å²) in [7, 11) is 0. The van der Waals surface area contributed by atoms with Crippen LogP contribution < -0.4 is 10.2 Å². The van der Waals surface area contributed by atoms with E-state index in [1.807, 2.05) is 6.92 Å². The molecule has 2 aliphatic rings. The first-order chi connectivity index (χ1) is 14.9. The van der Waals surface area contributed by atoms with Crippen molar-refractivity contribution in [1.82, 2.24) is 4.90 Å². The van der Waals surface area contributed by atoms with E-state index in [0.717, 1.165) is 18.2 Å². The fraction of sp³-hybridized carbons (Fsp3) is 0.182. The van der Waals surface area contributed by atoms with Gasteiger partial charge < -0.3 is 5.32 Å². The van der Waals surface area contributed by atoms with Crippen LogP contribution in [0.1, 0.15) is 18.9 Å². The van der Waals surface area contributed by atoms with E-state index in [-0.39, 0.29) is 22.9 Å². The molecule has 3 amide bonds. The minimum absolute atomic E-state index is 0.244. The number of nitrogens with one attached hydrogen (secondary N) is 1. The van der Waals surface area contributed by atoms with Crippen molar-refractivity contribution in [3.63, 3.8) is 0 Å². The number of carbonyl (C=O) groups excluding carboxylic acids is 3. The zero-order valence-electron chi connectivity index (χ0n) is 16.6. The van der Waals surface area contributed by atoms with Crippen molar-refractivity contribution in [3.05, 3.63) is 64.8 Å². The molecular weight excluding hydrogens is 437 g/mol. The number of benzene rings is 2. The van der Waals surface area contributed by atoms with Gasteiger partial charge in [0.1, 0.15) is 16.7 Å². The molecule has 1 saturated heterocycles. The number of thiocarbonyl (C=S) groups is 1. The Bertz CT molecular complexity index is 1130. The number of halogens is 1. The Morgan fingerprint density at radius 1 is 1.06 bits per heavy atom. The molecule has 0 spiro atoms. The molecule has 2 aromatic rings. The van der Waals surface area contributed by atoms with Gasteiger partial charge >= 0.3 is 0 Å². The van der Waals surface area contributed by atoms with Gasteiger partial charge in [-0.1, -0.05) is 49.1 Å². The molecule has 0 bridgehead atoms. The smallest absolute Gasteiger partial charge is 0.267 e. The van der Waals surface area contributed by atoms with E-state index in [9.17, 15) is 18.8 Å².